The number of carbonyl (C=O) groups excluding carboxylic acids is 4. The summed E-state index contributed by atoms with van der Waals surface area (Å²) in [6.45, 7) is 0. The van der Waals surface area contributed by atoms with Gasteiger partial charge in [0, 0.05) is 14.1 Å². The number of pyridine rings is 1. The minimum absolute atomic E-state index is 0.00247. The average Bonchev–Trinajstić information content (AvgIpc) is 2.90. The van der Waals surface area contributed by atoms with Gasteiger partial charge in [0.25, 0.3) is 11.8 Å². The molecule has 0 aliphatic carbocycles. The average molecular weight is 461 g/mol. The van der Waals surface area contributed by atoms with E-state index in [9.17, 15) is 19.2 Å². The number of para-hydroxylation sites is 2. The Morgan fingerprint density at radius 3 is 1.38 bits per heavy atom. The number of esters is 2. The van der Waals surface area contributed by atoms with Gasteiger partial charge in [0.15, 0.2) is 0 Å². The Morgan fingerprint density at radius 1 is 0.618 bits per heavy atom. The molecule has 34 heavy (non-hydrogen) atoms. The Hall–Kier alpha value is -4.53. The highest BCUT2D eigenvalue weighted by Crippen LogP contribution is 2.23. The third-order valence-electron chi connectivity index (χ3n) is 5.14. The predicted octanol–water partition coefficient (Wildman–Crippen LogP) is 3.21. The van der Waals surface area contributed by atoms with Crippen LogP contribution in [0.3, 0.4) is 0 Å². The first kappa shape index (κ1) is 24.1. The van der Waals surface area contributed by atoms with Gasteiger partial charge < -0.3 is 19.3 Å². The fraction of sp³-hybridized carbons (Fsp3) is 0.160. The van der Waals surface area contributed by atoms with Gasteiger partial charge in [-0.15, -0.1) is 0 Å². The molecule has 1 heterocycles. The Bertz CT molecular complexity index is 1160. The number of amides is 2. The first-order valence-corrected chi connectivity index (χ1v) is 10.2. The van der Waals surface area contributed by atoms with Crippen molar-refractivity contribution >= 4 is 35.1 Å². The van der Waals surface area contributed by atoms with Crippen molar-refractivity contribution in [1.29, 1.82) is 0 Å². The molecule has 0 aliphatic heterocycles. The molecule has 0 atom stereocenters. The van der Waals surface area contributed by atoms with Crippen LogP contribution >= 0.6 is 0 Å². The van der Waals surface area contributed by atoms with Gasteiger partial charge in [-0.05, 0) is 36.4 Å². The van der Waals surface area contributed by atoms with E-state index in [1.807, 2.05) is 0 Å². The van der Waals surface area contributed by atoms with Crippen LogP contribution in [0.4, 0.5) is 11.4 Å². The Balaban J connectivity index is 1.91. The smallest absolute Gasteiger partial charge is 0.339 e. The fourth-order valence-corrected chi connectivity index (χ4v) is 3.33. The van der Waals surface area contributed by atoms with Gasteiger partial charge in [-0.2, -0.15) is 0 Å². The second-order valence-corrected chi connectivity index (χ2v) is 7.15. The van der Waals surface area contributed by atoms with Crippen LogP contribution in [-0.4, -0.2) is 57.1 Å². The summed E-state index contributed by atoms with van der Waals surface area (Å²) >= 11 is 0. The molecule has 0 N–H and O–H groups in total. The minimum Gasteiger partial charge on any atom is -0.465 e. The molecular formula is C25H23N3O6. The SMILES string of the molecule is COC(=O)c1ccccc1N(C)C(=O)c1cccc(C(=O)N(C)c2ccccc2C(=O)OC)n1. The number of aromatic nitrogens is 1. The van der Waals surface area contributed by atoms with Crippen LogP contribution in [0.2, 0.25) is 0 Å². The summed E-state index contributed by atoms with van der Waals surface area (Å²) in [7, 11) is 5.51. The summed E-state index contributed by atoms with van der Waals surface area (Å²) in [6.07, 6.45) is 0. The fourth-order valence-electron chi connectivity index (χ4n) is 3.33. The Kier molecular flexibility index (Phi) is 7.37. The molecule has 3 aromatic rings. The quantitative estimate of drug-likeness (QED) is 0.519. The molecule has 9 nitrogen and oxygen atoms in total. The number of anilines is 2. The van der Waals surface area contributed by atoms with Crippen LogP contribution in [0, 0.1) is 0 Å². The second-order valence-electron chi connectivity index (χ2n) is 7.15. The largest absolute Gasteiger partial charge is 0.465 e. The molecular weight excluding hydrogens is 438 g/mol. The topological polar surface area (TPSA) is 106 Å². The van der Waals surface area contributed by atoms with Crippen molar-refractivity contribution in [2.24, 2.45) is 0 Å². The molecule has 0 unspecified atom stereocenters. The van der Waals surface area contributed by atoms with E-state index in [0.717, 1.165) is 0 Å². The van der Waals surface area contributed by atoms with Gasteiger partial charge in [0.05, 0.1) is 36.7 Å². The second kappa shape index (κ2) is 10.4. The van der Waals surface area contributed by atoms with E-state index in [1.165, 1.54) is 56.3 Å². The van der Waals surface area contributed by atoms with Crippen LogP contribution in [-0.2, 0) is 9.47 Å². The van der Waals surface area contributed by atoms with Crippen molar-refractivity contribution in [1.82, 2.24) is 4.98 Å². The zero-order chi connectivity index (χ0) is 24.8. The van der Waals surface area contributed by atoms with Crippen molar-refractivity contribution in [3.05, 3.63) is 89.2 Å². The standard InChI is InChI=1S/C25H23N3O6/c1-27(20-14-7-5-10-16(20)24(31)33-3)22(29)18-12-9-13-19(26-18)23(30)28(2)21-15-8-6-11-17(21)25(32)34-4/h5-15H,1-4H3. The molecule has 0 fully saturated rings. The monoisotopic (exact) mass is 461 g/mol. The number of rotatable bonds is 6. The molecule has 3 rings (SSSR count). The van der Waals surface area contributed by atoms with E-state index in [4.69, 9.17) is 9.47 Å². The van der Waals surface area contributed by atoms with Crippen LogP contribution in [0.15, 0.2) is 66.7 Å². The van der Waals surface area contributed by atoms with Gasteiger partial charge in [0.2, 0.25) is 0 Å². The normalized spacial score (nSPS) is 10.2. The number of nitrogens with zero attached hydrogens (tertiary/aromatic N) is 3. The van der Waals surface area contributed by atoms with Gasteiger partial charge >= 0.3 is 11.9 Å². The number of hydrogen-bond donors (Lipinski definition) is 0. The third-order valence-corrected chi connectivity index (χ3v) is 5.14. The van der Waals surface area contributed by atoms with E-state index in [1.54, 1.807) is 48.5 Å². The predicted molar refractivity (Wildman–Crippen MR) is 125 cm³/mol. The van der Waals surface area contributed by atoms with Crippen molar-refractivity contribution < 1.29 is 28.7 Å². The van der Waals surface area contributed by atoms with Crippen LogP contribution in [0.25, 0.3) is 0 Å². The summed E-state index contributed by atoms with van der Waals surface area (Å²) < 4.78 is 9.58. The molecule has 2 aromatic carbocycles. The van der Waals surface area contributed by atoms with Gasteiger partial charge in [-0.25, -0.2) is 14.6 Å². The van der Waals surface area contributed by atoms with Crippen molar-refractivity contribution in [2.75, 3.05) is 38.1 Å². The van der Waals surface area contributed by atoms with E-state index < -0.39 is 23.8 Å². The summed E-state index contributed by atoms with van der Waals surface area (Å²) in [5.74, 6) is -2.22. The van der Waals surface area contributed by atoms with Gasteiger partial charge in [-0.3, -0.25) is 9.59 Å². The highest BCUT2D eigenvalue weighted by atomic mass is 16.5. The maximum atomic E-state index is 13.1. The summed E-state index contributed by atoms with van der Waals surface area (Å²) in [5.41, 5.74) is 1.11. The van der Waals surface area contributed by atoms with Crippen LogP contribution in [0.5, 0.6) is 0 Å². The molecule has 1 aromatic heterocycles. The lowest BCUT2D eigenvalue weighted by molar-refractivity contribution is 0.0592. The number of methoxy groups -OCH3 is 2. The van der Waals surface area contributed by atoms with Gasteiger partial charge in [-0.1, -0.05) is 30.3 Å². The van der Waals surface area contributed by atoms with Gasteiger partial charge in [0.1, 0.15) is 11.4 Å². The number of ether oxygens (including phenoxy) is 2. The molecule has 0 saturated heterocycles. The summed E-state index contributed by atoms with van der Waals surface area (Å²) in [4.78, 5) is 57.2. The zero-order valence-electron chi connectivity index (χ0n) is 19.1. The maximum absolute atomic E-state index is 13.1. The lowest BCUT2D eigenvalue weighted by atomic mass is 10.1. The molecule has 0 radical (unpaired) electrons. The zero-order valence-corrected chi connectivity index (χ0v) is 19.1. The lowest BCUT2D eigenvalue weighted by Crippen LogP contribution is -2.31. The maximum Gasteiger partial charge on any atom is 0.339 e. The van der Waals surface area contributed by atoms with E-state index in [2.05, 4.69) is 4.98 Å². The highest BCUT2D eigenvalue weighted by Gasteiger charge is 2.24. The van der Waals surface area contributed by atoms with E-state index >= 15 is 0 Å². The number of hydrogen-bond acceptors (Lipinski definition) is 7. The molecule has 2 amide bonds. The molecule has 0 spiro atoms. The molecule has 174 valence electrons. The van der Waals surface area contributed by atoms with Crippen LogP contribution in [0.1, 0.15) is 41.7 Å². The highest BCUT2D eigenvalue weighted by molar-refractivity contribution is 6.11. The van der Waals surface area contributed by atoms with Crippen molar-refractivity contribution in [3.8, 4) is 0 Å². The van der Waals surface area contributed by atoms with Crippen molar-refractivity contribution in [3.63, 3.8) is 0 Å². The summed E-state index contributed by atoms with van der Waals surface area (Å²) in [6, 6.07) is 17.5. The molecule has 0 saturated carbocycles. The van der Waals surface area contributed by atoms with E-state index in [-0.39, 0.29) is 22.5 Å². The number of carbonyl (C=O) groups is 4. The first-order valence-electron chi connectivity index (χ1n) is 10.2. The Labute approximate surface area is 196 Å². The lowest BCUT2D eigenvalue weighted by Gasteiger charge is -2.21. The molecule has 0 aliphatic rings. The first-order chi connectivity index (χ1) is 16.3. The molecule has 0 bridgehead atoms. The number of benzene rings is 2. The Morgan fingerprint density at radius 2 is 1.00 bits per heavy atom. The summed E-state index contributed by atoms with van der Waals surface area (Å²) in [5, 5.41) is 0. The van der Waals surface area contributed by atoms with E-state index in [0.29, 0.717) is 11.4 Å². The third kappa shape index (κ3) is 4.78. The van der Waals surface area contributed by atoms with Crippen molar-refractivity contribution in [2.45, 2.75) is 0 Å². The molecule has 9 heteroatoms. The minimum atomic E-state index is -0.585. The van der Waals surface area contributed by atoms with Crippen LogP contribution < -0.4 is 9.80 Å².